The van der Waals surface area contributed by atoms with Crippen LogP contribution < -0.4 is 0 Å². The van der Waals surface area contributed by atoms with Gasteiger partial charge in [-0.05, 0) is 35.9 Å². The van der Waals surface area contributed by atoms with Crippen LogP contribution in [0, 0.1) is 6.92 Å². The van der Waals surface area contributed by atoms with Crippen molar-refractivity contribution in [2.24, 2.45) is 0 Å². The number of aryl methyl sites for hydroxylation is 1. The Labute approximate surface area is 119 Å². The molecule has 1 atom stereocenters. The van der Waals surface area contributed by atoms with E-state index in [2.05, 4.69) is 11.6 Å². The first-order valence-corrected chi connectivity index (χ1v) is 6.60. The van der Waals surface area contributed by atoms with E-state index in [0.29, 0.717) is 6.42 Å². The van der Waals surface area contributed by atoms with Crippen LogP contribution >= 0.6 is 0 Å². The van der Waals surface area contributed by atoms with Crippen molar-refractivity contribution < 1.29 is 9.95 Å². The topological polar surface area (TPSA) is 36.1 Å². The highest BCUT2D eigenvalue weighted by Gasteiger charge is 2.22. The van der Waals surface area contributed by atoms with Crippen LogP contribution in [-0.2, 0) is 0 Å². The van der Waals surface area contributed by atoms with Crippen LogP contribution in [0.4, 0.5) is 0 Å². The maximum atomic E-state index is 10.3. The molecule has 0 radical (unpaired) electrons. The summed E-state index contributed by atoms with van der Waals surface area (Å²) >= 11 is 0. The molecule has 1 N–H and O–H groups in total. The molecule has 1 aromatic heterocycles. The van der Waals surface area contributed by atoms with Gasteiger partial charge in [-0.2, -0.15) is 0 Å². The van der Waals surface area contributed by atoms with Gasteiger partial charge in [-0.3, -0.25) is 10.2 Å². The van der Waals surface area contributed by atoms with E-state index in [9.17, 15) is 5.21 Å². The Morgan fingerprint density at radius 2 is 2.05 bits per heavy atom. The Morgan fingerprint density at radius 3 is 2.65 bits per heavy atom. The molecule has 0 amide bonds. The molecule has 102 valence electrons. The van der Waals surface area contributed by atoms with Gasteiger partial charge in [0, 0.05) is 29.9 Å². The number of aromatic nitrogens is 1. The summed E-state index contributed by atoms with van der Waals surface area (Å²) in [4.78, 5) is 4.10. The zero-order chi connectivity index (χ0) is 14.4. The summed E-state index contributed by atoms with van der Waals surface area (Å²) in [5.41, 5.74) is 3.11. The Morgan fingerprint density at radius 1 is 1.30 bits per heavy atom. The maximum Gasteiger partial charge on any atom is 0.232 e. The van der Waals surface area contributed by atoms with Gasteiger partial charge < -0.3 is 0 Å². The molecule has 0 saturated heterocycles. The van der Waals surface area contributed by atoms with Crippen LogP contribution in [0.3, 0.4) is 0 Å². The number of nitrogens with zero attached hydrogens (tertiary/aromatic N) is 2. The summed E-state index contributed by atoms with van der Waals surface area (Å²) in [5, 5.41) is 10.3. The number of hydrogen-bond acceptors (Lipinski definition) is 2. The van der Waals surface area contributed by atoms with Gasteiger partial charge in [0.2, 0.25) is 12.3 Å². The smallest absolute Gasteiger partial charge is 0.232 e. The van der Waals surface area contributed by atoms with Gasteiger partial charge in [-0.15, -0.1) is 6.58 Å². The highest BCUT2D eigenvalue weighted by Crippen LogP contribution is 2.19. The van der Waals surface area contributed by atoms with Gasteiger partial charge in [0.15, 0.2) is 0 Å². The minimum Gasteiger partial charge on any atom is -0.290 e. The molecule has 20 heavy (non-hydrogen) atoms. The molecule has 0 saturated carbocycles. The van der Waals surface area contributed by atoms with Crippen molar-refractivity contribution in [3.63, 3.8) is 0 Å². The van der Waals surface area contributed by atoms with E-state index in [4.69, 9.17) is 0 Å². The van der Waals surface area contributed by atoms with E-state index >= 15 is 0 Å². The highest BCUT2D eigenvalue weighted by atomic mass is 16.5. The molecular weight excluding hydrogens is 248 g/mol. The van der Waals surface area contributed by atoms with Crippen molar-refractivity contribution in [1.29, 1.82) is 0 Å². The van der Waals surface area contributed by atoms with E-state index in [0.717, 1.165) is 11.1 Å². The van der Waals surface area contributed by atoms with Gasteiger partial charge in [-0.25, -0.2) is 0 Å². The van der Waals surface area contributed by atoms with Crippen LogP contribution in [-0.4, -0.2) is 21.1 Å². The molecule has 3 heteroatoms. The van der Waals surface area contributed by atoms with Crippen LogP contribution in [0.15, 0.2) is 61.4 Å². The van der Waals surface area contributed by atoms with Gasteiger partial charge in [0.1, 0.15) is 0 Å². The summed E-state index contributed by atoms with van der Waals surface area (Å²) in [6, 6.07) is 11.6. The molecule has 1 heterocycles. The van der Waals surface area contributed by atoms with Crippen molar-refractivity contribution in [2.45, 2.75) is 19.4 Å². The summed E-state index contributed by atoms with van der Waals surface area (Å²) in [7, 11) is 0. The standard InChI is InChI=1S/C17H19N2O/c1-3-5-17(16-6-4-11-18-12-16)19(20)13-15-9-7-14(2)8-10-15/h3-4,6-13,17,20H,1,5H2,2H3/q+1/b19-13-. The Hall–Kier alpha value is -2.42. The van der Waals surface area contributed by atoms with E-state index in [1.165, 1.54) is 10.3 Å². The molecule has 0 aliphatic carbocycles. The molecule has 1 aromatic carbocycles. The van der Waals surface area contributed by atoms with E-state index < -0.39 is 0 Å². The molecule has 2 aromatic rings. The lowest BCUT2D eigenvalue weighted by Crippen LogP contribution is -2.17. The zero-order valence-corrected chi connectivity index (χ0v) is 11.6. The average molecular weight is 267 g/mol. The first-order chi connectivity index (χ1) is 9.70. The van der Waals surface area contributed by atoms with E-state index in [1.54, 1.807) is 24.7 Å². The third kappa shape index (κ3) is 3.54. The quantitative estimate of drug-likeness (QED) is 0.296. The van der Waals surface area contributed by atoms with Crippen LogP contribution in [0.25, 0.3) is 0 Å². The third-order valence-electron chi connectivity index (χ3n) is 3.14. The predicted molar refractivity (Wildman–Crippen MR) is 80.2 cm³/mol. The molecule has 0 aliphatic heterocycles. The third-order valence-corrected chi connectivity index (χ3v) is 3.14. The second-order valence-corrected chi connectivity index (χ2v) is 4.75. The lowest BCUT2D eigenvalue weighted by Gasteiger charge is -2.08. The summed E-state index contributed by atoms with van der Waals surface area (Å²) in [6.07, 6.45) is 7.65. The fraction of sp³-hybridized carbons (Fsp3) is 0.176. The molecule has 0 spiro atoms. The molecule has 1 unspecified atom stereocenters. The van der Waals surface area contributed by atoms with E-state index in [1.807, 2.05) is 43.3 Å². The fourth-order valence-corrected chi connectivity index (χ4v) is 2.02. The Balaban J connectivity index is 2.29. The molecular formula is C17H19N2O+. The van der Waals surface area contributed by atoms with E-state index in [-0.39, 0.29) is 6.04 Å². The van der Waals surface area contributed by atoms with Gasteiger partial charge in [0.25, 0.3) is 0 Å². The molecule has 0 bridgehead atoms. The number of pyridine rings is 1. The second-order valence-electron chi connectivity index (χ2n) is 4.75. The summed E-state index contributed by atoms with van der Waals surface area (Å²) in [5.74, 6) is 0. The predicted octanol–water partition coefficient (Wildman–Crippen LogP) is 3.53. The number of rotatable bonds is 5. The zero-order valence-electron chi connectivity index (χ0n) is 11.6. The number of hydroxylamine groups is 1. The van der Waals surface area contributed by atoms with Crippen molar-refractivity contribution in [2.75, 3.05) is 0 Å². The monoisotopic (exact) mass is 267 g/mol. The number of hydrogen-bond donors (Lipinski definition) is 1. The van der Waals surface area contributed by atoms with Crippen LogP contribution in [0.2, 0.25) is 0 Å². The normalized spacial score (nSPS) is 12.9. The minimum absolute atomic E-state index is 0.178. The number of benzene rings is 1. The van der Waals surface area contributed by atoms with Crippen LogP contribution in [0.5, 0.6) is 0 Å². The molecule has 2 rings (SSSR count). The second kappa shape index (κ2) is 6.66. The fourth-order valence-electron chi connectivity index (χ4n) is 2.02. The minimum atomic E-state index is -0.178. The highest BCUT2D eigenvalue weighted by molar-refractivity contribution is 5.75. The van der Waals surface area contributed by atoms with Gasteiger partial charge in [-0.1, -0.05) is 23.8 Å². The first-order valence-electron chi connectivity index (χ1n) is 6.60. The summed E-state index contributed by atoms with van der Waals surface area (Å²) < 4.78 is 1.23. The van der Waals surface area contributed by atoms with Crippen molar-refractivity contribution in [3.8, 4) is 0 Å². The van der Waals surface area contributed by atoms with Crippen molar-refractivity contribution in [3.05, 3.63) is 78.1 Å². The summed E-state index contributed by atoms with van der Waals surface area (Å²) in [6.45, 7) is 5.79. The molecule has 0 fully saturated rings. The van der Waals surface area contributed by atoms with Crippen LogP contribution in [0.1, 0.15) is 29.2 Å². The maximum absolute atomic E-state index is 10.3. The Kier molecular flexibility index (Phi) is 4.66. The lowest BCUT2D eigenvalue weighted by molar-refractivity contribution is -0.801. The lowest BCUT2D eigenvalue weighted by atomic mass is 10.1. The van der Waals surface area contributed by atoms with Crippen molar-refractivity contribution >= 4 is 6.21 Å². The molecule has 0 aliphatic rings. The Bertz CT molecular complexity index is 588. The SMILES string of the molecule is C=CCC(c1cccnc1)/[N+](O)=C/c1ccc(C)cc1. The van der Waals surface area contributed by atoms with Crippen molar-refractivity contribution in [1.82, 2.24) is 4.98 Å². The average Bonchev–Trinajstić information content (AvgIpc) is 2.48. The van der Waals surface area contributed by atoms with Gasteiger partial charge >= 0.3 is 0 Å². The first kappa shape index (κ1) is 14.0. The van der Waals surface area contributed by atoms with Gasteiger partial charge in [0.05, 0.1) is 0 Å². The largest absolute Gasteiger partial charge is 0.290 e. The molecule has 3 nitrogen and oxygen atoms in total.